The third kappa shape index (κ3) is 10.2. The molecular weight excluding hydrogens is 604 g/mol. The molecule has 3 atom stereocenters. The highest BCUT2D eigenvalue weighted by molar-refractivity contribution is 7.89. The van der Waals surface area contributed by atoms with Gasteiger partial charge >= 0.3 is 0 Å². The van der Waals surface area contributed by atoms with Crippen LogP contribution in [0.3, 0.4) is 0 Å². The number of rotatable bonds is 14. The van der Waals surface area contributed by atoms with Crippen LogP contribution in [-0.2, 0) is 35.6 Å². The summed E-state index contributed by atoms with van der Waals surface area (Å²) in [7, 11) is 0.977. The van der Waals surface area contributed by atoms with Crippen LogP contribution in [0.4, 0.5) is 0 Å². The number of ether oxygens (including phenoxy) is 1. The normalized spacial score (nSPS) is 14.7. The zero-order valence-corrected chi connectivity index (χ0v) is 29.9. The van der Waals surface area contributed by atoms with E-state index in [4.69, 9.17) is 4.74 Å². The summed E-state index contributed by atoms with van der Waals surface area (Å²) >= 11 is 0. The third-order valence-corrected chi connectivity index (χ3v) is 9.40. The Morgan fingerprint density at radius 1 is 0.957 bits per heavy atom. The van der Waals surface area contributed by atoms with E-state index in [1.54, 1.807) is 57.6 Å². The Kier molecular flexibility index (Phi) is 13.2. The molecule has 3 unspecified atom stereocenters. The fourth-order valence-corrected chi connectivity index (χ4v) is 6.52. The third-order valence-electron chi connectivity index (χ3n) is 8.19. The number of likely N-dealkylation sites (N-methyl/N-ethyl adjacent to an activating group) is 2. The van der Waals surface area contributed by atoms with Crippen molar-refractivity contribution < 1.29 is 27.5 Å². The number of carbonyl (C=O) groups is 3. The second-order valence-electron chi connectivity index (χ2n) is 13.7. The predicted octanol–water partition coefficient (Wildman–Crippen LogP) is 4.17. The van der Waals surface area contributed by atoms with Crippen LogP contribution in [0.5, 0.6) is 5.75 Å². The highest BCUT2D eigenvalue weighted by Gasteiger charge is 2.41. The summed E-state index contributed by atoms with van der Waals surface area (Å²) in [6.07, 6.45) is 1.60. The molecule has 2 aromatic rings. The van der Waals surface area contributed by atoms with Crippen molar-refractivity contribution in [1.82, 2.24) is 20.3 Å². The van der Waals surface area contributed by atoms with Crippen LogP contribution < -0.4 is 20.1 Å². The highest BCUT2D eigenvalue weighted by Crippen LogP contribution is 2.31. The number of hydrogen-bond acceptors (Lipinski definition) is 7. The van der Waals surface area contributed by atoms with Crippen LogP contribution in [0.1, 0.15) is 66.5 Å². The van der Waals surface area contributed by atoms with Crippen LogP contribution in [-0.4, -0.2) is 70.4 Å². The molecule has 10 nitrogen and oxygen atoms in total. The number of amides is 3. The molecule has 0 aliphatic carbocycles. The van der Waals surface area contributed by atoms with Crippen LogP contribution in [0.15, 0.2) is 66.2 Å². The molecule has 46 heavy (non-hydrogen) atoms. The smallest absolute Gasteiger partial charge is 0.260 e. The van der Waals surface area contributed by atoms with Crippen LogP contribution in [0.2, 0.25) is 0 Å². The Bertz CT molecular complexity index is 1500. The minimum atomic E-state index is -3.95. The molecule has 0 radical (unpaired) electrons. The van der Waals surface area contributed by atoms with E-state index >= 15 is 0 Å². The second-order valence-corrected chi connectivity index (χ2v) is 15.4. The zero-order valence-electron chi connectivity index (χ0n) is 29.1. The van der Waals surface area contributed by atoms with Crippen molar-refractivity contribution in [3.05, 3.63) is 77.4 Å². The number of hydrogen-bond donors (Lipinski definition) is 3. The summed E-state index contributed by atoms with van der Waals surface area (Å²) in [5, 5.41) is 6.15. The Morgan fingerprint density at radius 3 is 2.09 bits per heavy atom. The van der Waals surface area contributed by atoms with E-state index < -0.39 is 44.9 Å². The number of sulfonamides is 1. The maximum atomic E-state index is 14.1. The van der Waals surface area contributed by atoms with E-state index in [-0.39, 0.29) is 29.1 Å². The van der Waals surface area contributed by atoms with Crippen LogP contribution >= 0.6 is 0 Å². The summed E-state index contributed by atoms with van der Waals surface area (Å²) in [5.41, 5.74) is 0.266. The van der Waals surface area contributed by atoms with Gasteiger partial charge in [0.1, 0.15) is 11.8 Å². The molecule has 3 amide bonds. The van der Waals surface area contributed by atoms with Gasteiger partial charge in [0.25, 0.3) is 5.91 Å². The SMILES string of the molecule is CNC(C(=O)NC(C(=O)N(C)C(C=C(C)C(=O)NS(=O)(=O)Cc1ccccc1)C(C)C)C(C)(C)C)C(C)(C)c1cccc(OC)c1. The molecular formula is C35H52N4O6S. The first-order valence-electron chi connectivity index (χ1n) is 15.4. The summed E-state index contributed by atoms with van der Waals surface area (Å²) in [6, 6.07) is 14.0. The first-order valence-corrected chi connectivity index (χ1v) is 17.1. The van der Waals surface area contributed by atoms with Crippen LogP contribution in [0.25, 0.3) is 0 Å². The Hall–Kier alpha value is -3.70. The lowest BCUT2D eigenvalue weighted by Crippen LogP contribution is -2.61. The molecule has 0 bridgehead atoms. The molecule has 0 aliphatic rings. The molecule has 0 saturated carbocycles. The van der Waals surface area contributed by atoms with Gasteiger partial charge in [-0.25, -0.2) is 13.1 Å². The number of carbonyl (C=O) groups excluding carboxylic acids is 3. The van der Waals surface area contributed by atoms with Gasteiger partial charge in [-0.1, -0.05) is 97.0 Å². The number of methoxy groups -OCH3 is 1. The predicted molar refractivity (Wildman–Crippen MR) is 183 cm³/mol. The van der Waals surface area contributed by atoms with Gasteiger partial charge in [-0.2, -0.15) is 0 Å². The minimum Gasteiger partial charge on any atom is -0.497 e. The van der Waals surface area contributed by atoms with Gasteiger partial charge < -0.3 is 20.3 Å². The molecule has 0 heterocycles. The van der Waals surface area contributed by atoms with Crippen molar-refractivity contribution in [2.75, 3.05) is 21.2 Å². The lowest BCUT2D eigenvalue weighted by Gasteiger charge is -2.40. The molecule has 0 fully saturated rings. The maximum Gasteiger partial charge on any atom is 0.260 e. The second kappa shape index (κ2) is 15.7. The molecule has 0 aromatic heterocycles. The van der Waals surface area contributed by atoms with Gasteiger partial charge in [0.15, 0.2) is 0 Å². The quantitative estimate of drug-likeness (QED) is 0.260. The highest BCUT2D eigenvalue weighted by atomic mass is 32.2. The minimum absolute atomic E-state index is 0.133. The molecule has 2 rings (SSSR count). The summed E-state index contributed by atoms with van der Waals surface area (Å²) in [4.78, 5) is 42.5. The summed E-state index contributed by atoms with van der Waals surface area (Å²) in [6.45, 7) is 14.9. The lowest BCUT2D eigenvalue weighted by atomic mass is 9.76. The van der Waals surface area contributed by atoms with Crippen molar-refractivity contribution in [2.45, 2.75) is 84.7 Å². The molecule has 2 aromatic carbocycles. The van der Waals surface area contributed by atoms with E-state index in [1.165, 1.54) is 11.8 Å². The molecule has 0 saturated heterocycles. The van der Waals surface area contributed by atoms with Gasteiger partial charge in [0.2, 0.25) is 21.8 Å². The molecule has 11 heteroatoms. The Morgan fingerprint density at radius 2 is 1.57 bits per heavy atom. The lowest BCUT2D eigenvalue weighted by molar-refractivity contribution is -0.140. The Balaban J connectivity index is 2.31. The van der Waals surface area contributed by atoms with E-state index in [2.05, 4.69) is 15.4 Å². The fourth-order valence-electron chi connectivity index (χ4n) is 5.37. The standard InChI is InChI=1S/C35H52N4O6S/c1-23(2)28(20-24(3)31(40)38-46(43,44)22-25-16-13-12-14-17-25)39(10)33(42)30(34(4,5)6)37-32(41)29(36-9)35(7,8)26-18-15-19-27(21-26)45-11/h12-21,23,28-30,36H,22H2,1-11H3,(H,37,41)(H,38,40). The van der Waals surface area contributed by atoms with E-state index in [0.29, 0.717) is 11.3 Å². The largest absolute Gasteiger partial charge is 0.497 e. The van der Waals surface area contributed by atoms with Crippen LogP contribution in [0, 0.1) is 11.3 Å². The van der Waals surface area contributed by atoms with Crippen molar-refractivity contribution >= 4 is 27.7 Å². The fraction of sp³-hybridized carbons (Fsp3) is 0.514. The van der Waals surface area contributed by atoms with Gasteiger partial charge in [-0.3, -0.25) is 14.4 Å². The number of nitrogens with one attached hydrogen (secondary N) is 3. The van der Waals surface area contributed by atoms with Gasteiger partial charge in [0, 0.05) is 18.0 Å². The van der Waals surface area contributed by atoms with Gasteiger partial charge in [0.05, 0.1) is 24.9 Å². The summed E-state index contributed by atoms with van der Waals surface area (Å²) in [5.74, 6) is -1.24. The molecule has 0 aliphatic heterocycles. The maximum absolute atomic E-state index is 14.1. The molecule has 3 N–H and O–H groups in total. The van der Waals surface area contributed by atoms with Crippen molar-refractivity contribution in [3.63, 3.8) is 0 Å². The topological polar surface area (TPSA) is 134 Å². The first kappa shape index (κ1) is 38.5. The zero-order chi connectivity index (χ0) is 35.0. The average molecular weight is 657 g/mol. The van der Waals surface area contributed by atoms with Crippen molar-refractivity contribution in [3.8, 4) is 5.75 Å². The monoisotopic (exact) mass is 656 g/mol. The van der Waals surface area contributed by atoms with E-state index in [9.17, 15) is 22.8 Å². The molecule has 0 spiro atoms. The van der Waals surface area contributed by atoms with E-state index in [0.717, 1.165) is 5.56 Å². The Labute approximate surface area is 275 Å². The van der Waals surface area contributed by atoms with Gasteiger partial charge in [-0.05, 0) is 48.6 Å². The first-order chi connectivity index (χ1) is 21.2. The molecule has 254 valence electrons. The summed E-state index contributed by atoms with van der Waals surface area (Å²) < 4.78 is 32.9. The van der Waals surface area contributed by atoms with Gasteiger partial charge in [-0.15, -0.1) is 0 Å². The van der Waals surface area contributed by atoms with Crippen molar-refractivity contribution in [1.29, 1.82) is 0 Å². The van der Waals surface area contributed by atoms with Crippen molar-refractivity contribution in [2.24, 2.45) is 11.3 Å². The van der Waals surface area contributed by atoms with E-state index in [1.807, 2.05) is 72.7 Å². The average Bonchev–Trinajstić information content (AvgIpc) is 2.97. The number of nitrogens with zero attached hydrogens (tertiary/aromatic N) is 1. The number of benzene rings is 2.